The molecule has 2 rings (SSSR count). The predicted octanol–water partition coefficient (Wildman–Crippen LogP) is 4.21. The fourth-order valence-corrected chi connectivity index (χ4v) is 2.18. The Morgan fingerprint density at radius 1 is 0.857 bits per heavy atom. The standard InChI is InChI=1S/C18H20O3/c1-12(2)18(19)14-7-5-13(6-8-14)15-9-10-16(20-3)17(11-15)21-4/h5-12H,1-4H3. The number of hydrogen-bond acceptors (Lipinski definition) is 3. The van der Waals surface area contributed by atoms with E-state index in [-0.39, 0.29) is 11.7 Å². The van der Waals surface area contributed by atoms with Crippen LogP contribution in [0.15, 0.2) is 42.5 Å². The van der Waals surface area contributed by atoms with E-state index < -0.39 is 0 Å². The van der Waals surface area contributed by atoms with Gasteiger partial charge in [-0.15, -0.1) is 0 Å². The average molecular weight is 284 g/mol. The SMILES string of the molecule is COc1ccc(-c2ccc(C(=O)C(C)C)cc2)cc1OC. The van der Waals surface area contributed by atoms with E-state index in [9.17, 15) is 4.79 Å². The molecule has 2 aromatic rings. The van der Waals surface area contributed by atoms with Crippen molar-refractivity contribution in [2.75, 3.05) is 14.2 Å². The first-order valence-corrected chi connectivity index (χ1v) is 6.93. The molecule has 0 saturated heterocycles. The van der Waals surface area contributed by atoms with Crippen LogP contribution in [0, 0.1) is 5.92 Å². The number of benzene rings is 2. The van der Waals surface area contributed by atoms with Crippen LogP contribution in [0.5, 0.6) is 11.5 Å². The van der Waals surface area contributed by atoms with Crippen LogP contribution >= 0.6 is 0 Å². The summed E-state index contributed by atoms with van der Waals surface area (Å²) in [6, 6.07) is 13.4. The number of Topliss-reactive ketones (excluding diaryl/α,β-unsaturated/α-hetero) is 1. The van der Waals surface area contributed by atoms with Crippen molar-refractivity contribution in [2.45, 2.75) is 13.8 Å². The maximum absolute atomic E-state index is 11.9. The molecule has 0 N–H and O–H groups in total. The van der Waals surface area contributed by atoms with E-state index in [4.69, 9.17) is 9.47 Å². The number of carbonyl (C=O) groups is 1. The molecule has 0 radical (unpaired) electrons. The van der Waals surface area contributed by atoms with Crippen molar-refractivity contribution in [1.29, 1.82) is 0 Å². The van der Waals surface area contributed by atoms with Crippen LogP contribution in [-0.2, 0) is 0 Å². The molecule has 0 aliphatic rings. The number of hydrogen-bond donors (Lipinski definition) is 0. The molecule has 0 unspecified atom stereocenters. The second-order valence-corrected chi connectivity index (χ2v) is 5.17. The smallest absolute Gasteiger partial charge is 0.165 e. The Morgan fingerprint density at radius 2 is 1.43 bits per heavy atom. The topological polar surface area (TPSA) is 35.5 Å². The van der Waals surface area contributed by atoms with Crippen LogP contribution in [0.4, 0.5) is 0 Å². The maximum Gasteiger partial charge on any atom is 0.165 e. The molecule has 0 heterocycles. The molecule has 0 saturated carbocycles. The minimum atomic E-state index is 0.0110. The number of rotatable bonds is 5. The van der Waals surface area contributed by atoms with E-state index in [1.807, 2.05) is 56.3 Å². The first-order valence-electron chi connectivity index (χ1n) is 6.93. The number of ether oxygens (including phenoxy) is 2. The summed E-state index contributed by atoms with van der Waals surface area (Å²) < 4.78 is 10.5. The summed E-state index contributed by atoms with van der Waals surface area (Å²) in [5, 5.41) is 0. The van der Waals surface area contributed by atoms with Gasteiger partial charge in [0.1, 0.15) is 0 Å². The van der Waals surface area contributed by atoms with E-state index in [0.29, 0.717) is 11.5 Å². The molecule has 110 valence electrons. The van der Waals surface area contributed by atoms with Crippen molar-refractivity contribution in [1.82, 2.24) is 0 Å². The minimum Gasteiger partial charge on any atom is -0.493 e. The lowest BCUT2D eigenvalue weighted by molar-refractivity contribution is 0.0939. The highest BCUT2D eigenvalue weighted by Crippen LogP contribution is 2.32. The van der Waals surface area contributed by atoms with E-state index in [1.54, 1.807) is 14.2 Å². The molecule has 0 aromatic heterocycles. The van der Waals surface area contributed by atoms with Crippen molar-refractivity contribution in [3.63, 3.8) is 0 Å². The number of ketones is 1. The zero-order chi connectivity index (χ0) is 15.4. The molecular formula is C18H20O3. The van der Waals surface area contributed by atoms with E-state index in [2.05, 4.69) is 0 Å². The second kappa shape index (κ2) is 6.44. The Labute approximate surface area is 125 Å². The largest absolute Gasteiger partial charge is 0.493 e. The zero-order valence-corrected chi connectivity index (χ0v) is 12.8. The van der Waals surface area contributed by atoms with Gasteiger partial charge in [-0.05, 0) is 23.3 Å². The third kappa shape index (κ3) is 3.24. The molecule has 3 heteroatoms. The van der Waals surface area contributed by atoms with Gasteiger partial charge < -0.3 is 9.47 Å². The highest BCUT2D eigenvalue weighted by atomic mass is 16.5. The van der Waals surface area contributed by atoms with Gasteiger partial charge in [0.15, 0.2) is 17.3 Å². The average Bonchev–Trinajstić information content (AvgIpc) is 2.53. The van der Waals surface area contributed by atoms with Gasteiger partial charge in [0.2, 0.25) is 0 Å². The van der Waals surface area contributed by atoms with E-state index in [1.165, 1.54) is 0 Å². The number of methoxy groups -OCH3 is 2. The Balaban J connectivity index is 2.32. The van der Waals surface area contributed by atoms with Gasteiger partial charge in [-0.1, -0.05) is 44.2 Å². The van der Waals surface area contributed by atoms with Crippen molar-refractivity contribution in [3.8, 4) is 22.6 Å². The molecular weight excluding hydrogens is 264 g/mol. The fourth-order valence-electron chi connectivity index (χ4n) is 2.18. The molecule has 0 spiro atoms. The van der Waals surface area contributed by atoms with Crippen LogP contribution < -0.4 is 9.47 Å². The van der Waals surface area contributed by atoms with Crippen molar-refractivity contribution < 1.29 is 14.3 Å². The molecule has 2 aromatic carbocycles. The van der Waals surface area contributed by atoms with E-state index >= 15 is 0 Å². The van der Waals surface area contributed by atoms with Crippen LogP contribution in [0.3, 0.4) is 0 Å². The summed E-state index contributed by atoms with van der Waals surface area (Å²) >= 11 is 0. The highest BCUT2D eigenvalue weighted by molar-refractivity contribution is 5.97. The minimum absolute atomic E-state index is 0.0110. The lowest BCUT2D eigenvalue weighted by Crippen LogP contribution is -2.06. The van der Waals surface area contributed by atoms with Crippen LogP contribution in [0.2, 0.25) is 0 Å². The normalized spacial score (nSPS) is 10.5. The van der Waals surface area contributed by atoms with Gasteiger partial charge in [-0.3, -0.25) is 4.79 Å². The quantitative estimate of drug-likeness (QED) is 0.772. The van der Waals surface area contributed by atoms with Gasteiger partial charge in [0.25, 0.3) is 0 Å². The van der Waals surface area contributed by atoms with Gasteiger partial charge in [-0.25, -0.2) is 0 Å². The maximum atomic E-state index is 11.9. The summed E-state index contributed by atoms with van der Waals surface area (Å²) in [5.41, 5.74) is 2.81. The molecule has 21 heavy (non-hydrogen) atoms. The molecule has 0 aliphatic heterocycles. The molecule has 3 nitrogen and oxygen atoms in total. The van der Waals surface area contributed by atoms with Crippen LogP contribution in [0.25, 0.3) is 11.1 Å². The van der Waals surface area contributed by atoms with Gasteiger partial charge >= 0.3 is 0 Å². The van der Waals surface area contributed by atoms with Gasteiger partial charge in [0, 0.05) is 11.5 Å². The first-order chi connectivity index (χ1) is 10.1. The fraction of sp³-hybridized carbons (Fsp3) is 0.278. The van der Waals surface area contributed by atoms with Crippen molar-refractivity contribution >= 4 is 5.78 Å². The summed E-state index contributed by atoms with van der Waals surface area (Å²) in [6.07, 6.45) is 0. The van der Waals surface area contributed by atoms with Crippen LogP contribution in [-0.4, -0.2) is 20.0 Å². The summed E-state index contributed by atoms with van der Waals surface area (Å²) in [4.78, 5) is 11.9. The zero-order valence-electron chi connectivity index (χ0n) is 12.8. The third-order valence-electron chi connectivity index (χ3n) is 3.41. The molecule has 0 bridgehead atoms. The summed E-state index contributed by atoms with van der Waals surface area (Å²) in [6.45, 7) is 3.81. The molecule has 0 atom stereocenters. The Bertz CT molecular complexity index is 627. The molecule has 0 aliphatic carbocycles. The Hall–Kier alpha value is -2.29. The first kappa shape index (κ1) is 15.1. The monoisotopic (exact) mass is 284 g/mol. The van der Waals surface area contributed by atoms with Gasteiger partial charge in [-0.2, -0.15) is 0 Å². The lowest BCUT2D eigenvalue weighted by Gasteiger charge is -2.10. The molecule has 0 amide bonds. The Morgan fingerprint density at radius 3 is 1.95 bits per heavy atom. The summed E-state index contributed by atoms with van der Waals surface area (Å²) in [7, 11) is 3.23. The van der Waals surface area contributed by atoms with Crippen molar-refractivity contribution in [3.05, 3.63) is 48.0 Å². The summed E-state index contributed by atoms with van der Waals surface area (Å²) in [5.74, 6) is 1.57. The van der Waals surface area contributed by atoms with Crippen LogP contribution in [0.1, 0.15) is 24.2 Å². The third-order valence-corrected chi connectivity index (χ3v) is 3.41. The highest BCUT2D eigenvalue weighted by Gasteiger charge is 2.11. The number of carbonyl (C=O) groups excluding carboxylic acids is 1. The van der Waals surface area contributed by atoms with Crippen molar-refractivity contribution in [2.24, 2.45) is 5.92 Å². The Kier molecular flexibility index (Phi) is 4.63. The second-order valence-electron chi connectivity index (χ2n) is 5.17. The van der Waals surface area contributed by atoms with E-state index in [0.717, 1.165) is 16.7 Å². The predicted molar refractivity (Wildman–Crippen MR) is 84.2 cm³/mol. The lowest BCUT2D eigenvalue weighted by atomic mass is 9.98. The van der Waals surface area contributed by atoms with Gasteiger partial charge in [0.05, 0.1) is 14.2 Å². The molecule has 0 fully saturated rings.